The number of hydrogen-bond acceptors (Lipinski definition) is 2. The van der Waals surface area contributed by atoms with Crippen LogP contribution in [0, 0.1) is 0 Å². The first kappa shape index (κ1) is 9.86. The standard InChI is InChI=1S/C11H12N3O/c1-2-12-7-10-13-9-6-4-3-5-8(9)11(15)14-10/h3-6H,2,7H2,1H3,(H,13,14,15). The molecule has 0 bridgehead atoms. The normalized spacial score (nSPS) is 10.7. The molecule has 4 nitrogen and oxygen atoms in total. The van der Waals surface area contributed by atoms with E-state index in [1.165, 1.54) is 0 Å². The van der Waals surface area contributed by atoms with Crippen molar-refractivity contribution in [1.82, 2.24) is 15.3 Å². The summed E-state index contributed by atoms with van der Waals surface area (Å²) in [5.74, 6) is 0.626. The van der Waals surface area contributed by atoms with Gasteiger partial charge in [-0.2, -0.15) is 0 Å². The molecule has 0 saturated carbocycles. The van der Waals surface area contributed by atoms with E-state index < -0.39 is 0 Å². The minimum atomic E-state index is -0.0955. The maximum absolute atomic E-state index is 11.6. The molecule has 0 saturated heterocycles. The molecule has 1 radical (unpaired) electrons. The molecule has 77 valence electrons. The SMILES string of the molecule is CC[N]Cc1nc2ccccc2c(=O)[nH]1. The molecule has 15 heavy (non-hydrogen) atoms. The maximum Gasteiger partial charge on any atom is 0.258 e. The number of para-hydroxylation sites is 1. The van der Waals surface area contributed by atoms with E-state index in [9.17, 15) is 4.79 Å². The number of aromatic nitrogens is 2. The second-order valence-corrected chi connectivity index (χ2v) is 3.23. The summed E-state index contributed by atoms with van der Waals surface area (Å²) in [6, 6.07) is 7.30. The third kappa shape index (κ3) is 2.05. The highest BCUT2D eigenvalue weighted by molar-refractivity contribution is 5.77. The lowest BCUT2D eigenvalue weighted by atomic mass is 10.2. The summed E-state index contributed by atoms with van der Waals surface area (Å²) in [6.45, 7) is 3.16. The van der Waals surface area contributed by atoms with Gasteiger partial charge >= 0.3 is 0 Å². The van der Waals surface area contributed by atoms with Crippen LogP contribution in [0.5, 0.6) is 0 Å². The average Bonchev–Trinajstić information content (AvgIpc) is 2.26. The Labute approximate surface area is 87.4 Å². The molecule has 0 unspecified atom stereocenters. The number of fused-ring (bicyclic) bond motifs is 1. The molecular weight excluding hydrogens is 190 g/mol. The largest absolute Gasteiger partial charge is 0.309 e. The maximum atomic E-state index is 11.6. The van der Waals surface area contributed by atoms with E-state index in [1.54, 1.807) is 6.07 Å². The zero-order valence-corrected chi connectivity index (χ0v) is 8.53. The second-order valence-electron chi connectivity index (χ2n) is 3.23. The van der Waals surface area contributed by atoms with E-state index in [1.807, 2.05) is 25.1 Å². The van der Waals surface area contributed by atoms with Crippen LogP contribution in [0.3, 0.4) is 0 Å². The Morgan fingerprint density at radius 3 is 3.00 bits per heavy atom. The molecule has 2 aromatic rings. The fourth-order valence-electron chi connectivity index (χ4n) is 1.43. The summed E-state index contributed by atoms with van der Waals surface area (Å²) >= 11 is 0. The second kappa shape index (κ2) is 4.23. The summed E-state index contributed by atoms with van der Waals surface area (Å²) in [7, 11) is 0. The van der Waals surface area contributed by atoms with Gasteiger partial charge in [0.15, 0.2) is 0 Å². The fourth-order valence-corrected chi connectivity index (χ4v) is 1.43. The lowest BCUT2D eigenvalue weighted by Crippen LogP contribution is -2.15. The Morgan fingerprint density at radius 1 is 1.40 bits per heavy atom. The molecule has 2 rings (SSSR count). The lowest BCUT2D eigenvalue weighted by Gasteiger charge is -2.01. The smallest absolute Gasteiger partial charge is 0.258 e. The van der Waals surface area contributed by atoms with Gasteiger partial charge in [-0.25, -0.2) is 10.3 Å². The molecule has 0 spiro atoms. The quantitative estimate of drug-likeness (QED) is 0.808. The van der Waals surface area contributed by atoms with Gasteiger partial charge in [-0.1, -0.05) is 19.1 Å². The number of benzene rings is 1. The molecule has 1 heterocycles. The molecule has 4 heteroatoms. The molecule has 0 aliphatic rings. The summed E-state index contributed by atoms with van der Waals surface area (Å²) in [5.41, 5.74) is 0.629. The van der Waals surface area contributed by atoms with E-state index in [4.69, 9.17) is 0 Å². The van der Waals surface area contributed by atoms with Gasteiger partial charge in [0, 0.05) is 6.54 Å². The zero-order chi connectivity index (χ0) is 10.7. The average molecular weight is 202 g/mol. The van der Waals surface area contributed by atoms with E-state index in [-0.39, 0.29) is 5.56 Å². The van der Waals surface area contributed by atoms with Gasteiger partial charge in [-0.15, -0.1) is 0 Å². The predicted molar refractivity (Wildman–Crippen MR) is 58.7 cm³/mol. The predicted octanol–water partition coefficient (Wildman–Crippen LogP) is 1.05. The van der Waals surface area contributed by atoms with Crippen molar-refractivity contribution in [2.75, 3.05) is 6.54 Å². The Bertz CT molecular complexity index is 518. The van der Waals surface area contributed by atoms with Crippen LogP contribution in [0.1, 0.15) is 12.7 Å². The topological polar surface area (TPSA) is 59.9 Å². The highest BCUT2D eigenvalue weighted by atomic mass is 16.1. The van der Waals surface area contributed by atoms with E-state index in [2.05, 4.69) is 15.3 Å². The van der Waals surface area contributed by atoms with Crippen LogP contribution < -0.4 is 10.9 Å². The third-order valence-electron chi connectivity index (χ3n) is 2.15. The Kier molecular flexibility index (Phi) is 2.78. The van der Waals surface area contributed by atoms with Crippen LogP contribution in [0.15, 0.2) is 29.1 Å². The van der Waals surface area contributed by atoms with E-state index in [0.717, 1.165) is 12.1 Å². The van der Waals surface area contributed by atoms with Crippen molar-refractivity contribution in [1.29, 1.82) is 0 Å². The first-order valence-electron chi connectivity index (χ1n) is 4.92. The number of aromatic amines is 1. The monoisotopic (exact) mass is 202 g/mol. The number of nitrogens with one attached hydrogen (secondary N) is 1. The van der Waals surface area contributed by atoms with Gasteiger partial charge in [0.25, 0.3) is 5.56 Å². The molecule has 0 amide bonds. The third-order valence-corrected chi connectivity index (χ3v) is 2.15. The van der Waals surface area contributed by atoms with Gasteiger partial charge < -0.3 is 4.98 Å². The van der Waals surface area contributed by atoms with Gasteiger partial charge in [-0.05, 0) is 12.1 Å². The van der Waals surface area contributed by atoms with Gasteiger partial charge in [-0.3, -0.25) is 4.79 Å². The molecule has 1 aromatic carbocycles. The van der Waals surface area contributed by atoms with Gasteiger partial charge in [0.2, 0.25) is 0 Å². The summed E-state index contributed by atoms with van der Waals surface area (Å²) in [4.78, 5) is 18.7. The molecule has 1 N–H and O–H groups in total. The molecule has 0 fully saturated rings. The summed E-state index contributed by atoms with van der Waals surface area (Å²) in [6.07, 6.45) is 0. The first-order valence-corrected chi connectivity index (χ1v) is 4.92. The van der Waals surface area contributed by atoms with Crippen molar-refractivity contribution in [3.8, 4) is 0 Å². The molecule has 0 aliphatic carbocycles. The minimum absolute atomic E-state index is 0.0955. The summed E-state index contributed by atoms with van der Waals surface area (Å²) in [5, 5.41) is 4.78. The molecule has 0 atom stereocenters. The van der Waals surface area contributed by atoms with Crippen LogP contribution in [0.4, 0.5) is 0 Å². The lowest BCUT2D eigenvalue weighted by molar-refractivity contribution is 0.676. The first-order chi connectivity index (χ1) is 7.31. The van der Waals surface area contributed by atoms with Gasteiger partial charge in [0.05, 0.1) is 17.4 Å². The van der Waals surface area contributed by atoms with Crippen LogP contribution in [-0.2, 0) is 6.54 Å². The van der Waals surface area contributed by atoms with E-state index in [0.29, 0.717) is 17.8 Å². The Hall–Kier alpha value is -1.68. The Balaban J connectivity index is 2.48. The van der Waals surface area contributed by atoms with Crippen molar-refractivity contribution in [2.24, 2.45) is 0 Å². The van der Waals surface area contributed by atoms with Crippen molar-refractivity contribution in [2.45, 2.75) is 13.5 Å². The van der Waals surface area contributed by atoms with Crippen LogP contribution in [0.25, 0.3) is 10.9 Å². The van der Waals surface area contributed by atoms with Crippen molar-refractivity contribution in [3.05, 3.63) is 40.4 Å². The Morgan fingerprint density at radius 2 is 2.20 bits per heavy atom. The van der Waals surface area contributed by atoms with E-state index >= 15 is 0 Å². The molecule has 1 aromatic heterocycles. The number of nitrogens with zero attached hydrogens (tertiary/aromatic N) is 2. The van der Waals surface area contributed by atoms with Crippen molar-refractivity contribution >= 4 is 10.9 Å². The van der Waals surface area contributed by atoms with Crippen molar-refractivity contribution < 1.29 is 0 Å². The minimum Gasteiger partial charge on any atom is -0.309 e. The van der Waals surface area contributed by atoms with Crippen LogP contribution in [0.2, 0.25) is 0 Å². The number of H-pyrrole nitrogens is 1. The van der Waals surface area contributed by atoms with Crippen LogP contribution >= 0.6 is 0 Å². The van der Waals surface area contributed by atoms with Crippen LogP contribution in [-0.4, -0.2) is 16.5 Å². The highest BCUT2D eigenvalue weighted by Crippen LogP contribution is 2.05. The fraction of sp³-hybridized carbons (Fsp3) is 0.273. The molecular formula is C11H12N3O. The molecule has 0 aliphatic heterocycles. The zero-order valence-electron chi connectivity index (χ0n) is 8.53. The summed E-state index contributed by atoms with van der Waals surface area (Å²) < 4.78 is 0. The highest BCUT2D eigenvalue weighted by Gasteiger charge is 2.02. The number of hydrogen-bond donors (Lipinski definition) is 1. The van der Waals surface area contributed by atoms with Gasteiger partial charge in [0.1, 0.15) is 5.82 Å². The van der Waals surface area contributed by atoms with Crippen molar-refractivity contribution in [3.63, 3.8) is 0 Å². The number of rotatable bonds is 3.